The Balaban J connectivity index is 1.89. The number of carbonyl (C=O) groups excluding carboxylic acids is 2. The van der Waals surface area contributed by atoms with Gasteiger partial charge in [0.2, 0.25) is 11.9 Å². The van der Waals surface area contributed by atoms with Crippen LogP contribution < -0.4 is 16.0 Å². The maximum Gasteiger partial charge on any atom is 0.410 e. The van der Waals surface area contributed by atoms with Crippen molar-refractivity contribution < 1.29 is 14.3 Å². The van der Waals surface area contributed by atoms with Gasteiger partial charge in [-0.1, -0.05) is 18.8 Å². The topological polar surface area (TPSA) is 121 Å². The van der Waals surface area contributed by atoms with E-state index in [0.29, 0.717) is 36.7 Å². The van der Waals surface area contributed by atoms with Gasteiger partial charge < -0.3 is 20.7 Å². The summed E-state index contributed by atoms with van der Waals surface area (Å²) in [6.07, 6.45) is 5.09. The van der Waals surface area contributed by atoms with Crippen molar-refractivity contribution in [3.8, 4) is 11.8 Å². The Kier molecular flexibility index (Phi) is 11.1. The largest absolute Gasteiger partial charge is 0.444 e. The molecule has 1 atom stereocenters. The van der Waals surface area contributed by atoms with Gasteiger partial charge in [0.15, 0.2) is 0 Å². The molecule has 2 rings (SSSR count). The van der Waals surface area contributed by atoms with Crippen LogP contribution in [0.25, 0.3) is 0 Å². The summed E-state index contributed by atoms with van der Waals surface area (Å²) in [5.74, 6) is 7.14. The van der Waals surface area contributed by atoms with E-state index in [1.165, 1.54) is 4.90 Å². The number of unbranched alkanes of at least 4 members (excludes halogenated alkanes) is 1. The minimum atomic E-state index is -0.645. The SMILES string of the molecule is CCCNc1nc(Nc2ccc(C)nc2)ncc1C#CCCCNC(=O)[C@H](C)N(C)C(=O)OC(C)(C)C. The molecule has 2 heterocycles. The summed E-state index contributed by atoms with van der Waals surface area (Å²) in [5.41, 5.74) is 1.83. The summed E-state index contributed by atoms with van der Waals surface area (Å²) >= 11 is 0. The Labute approximate surface area is 220 Å². The number of carbonyl (C=O) groups is 2. The third-order valence-electron chi connectivity index (χ3n) is 5.14. The predicted molar refractivity (Wildman–Crippen MR) is 146 cm³/mol. The van der Waals surface area contributed by atoms with E-state index in [2.05, 4.69) is 49.7 Å². The van der Waals surface area contributed by atoms with Gasteiger partial charge in [-0.25, -0.2) is 9.78 Å². The van der Waals surface area contributed by atoms with Gasteiger partial charge in [0, 0.05) is 32.3 Å². The second-order valence-electron chi connectivity index (χ2n) is 9.66. The first-order valence-corrected chi connectivity index (χ1v) is 12.5. The summed E-state index contributed by atoms with van der Waals surface area (Å²) in [7, 11) is 1.55. The van der Waals surface area contributed by atoms with Gasteiger partial charge >= 0.3 is 6.09 Å². The highest BCUT2D eigenvalue weighted by Gasteiger charge is 2.26. The van der Waals surface area contributed by atoms with Crippen molar-refractivity contribution in [2.45, 2.75) is 72.4 Å². The highest BCUT2D eigenvalue weighted by Crippen LogP contribution is 2.17. The molecule has 10 nitrogen and oxygen atoms in total. The molecular formula is C27H39N7O3. The molecular weight excluding hydrogens is 470 g/mol. The lowest BCUT2D eigenvalue weighted by Gasteiger charge is -2.28. The van der Waals surface area contributed by atoms with Crippen LogP contribution >= 0.6 is 0 Å². The highest BCUT2D eigenvalue weighted by atomic mass is 16.6. The van der Waals surface area contributed by atoms with E-state index in [1.807, 2.05) is 19.1 Å². The van der Waals surface area contributed by atoms with E-state index in [-0.39, 0.29) is 5.91 Å². The van der Waals surface area contributed by atoms with Crippen LogP contribution in [0.5, 0.6) is 0 Å². The average molecular weight is 510 g/mol. The fourth-order valence-corrected chi connectivity index (χ4v) is 2.94. The lowest BCUT2D eigenvalue weighted by atomic mass is 10.2. The quantitative estimate of drug-likeness (QED) is 0.321. The van der Waals surface area contributed by atoms with Crippen LogP contribution in [-0.2, 0) is 9.53 Å². The Bertz CT molecular complexity index is 1100. The molecule has 2 amide bonds. The van der Waals surface area contributed by atoms with Gasteiger partial charge in [-0.15, -0.1) is 0 Å². The van der Waals surface area contributed by atoms with Crippen molar-refractivity contribution in [1.82, 2.24) is 25.2 Å². The molecule has 2 aromatic heterocycles. The number of anilines is 3. The molecule has 0 saturated carbocycles. The van der Waals surface area contributed by atoms with Crippen LogP contribution in [0.3, 0.4) is 0 Å². The molecule has 0 bridgehead atoms. The van der Waals surface area contributed by atoms with Gasteiger partial charge in [0.1, 0.15) is 17.5 Å². The molecule has 200 valence electrons. The molecule has 10 heteroatoms. The first-order valence-electron chi connectivity index (χ1n) is 12.5. The van der Waals surface area contributed by atoms with Crippen molar-refractivity contribution in [1.29, 1.82) is 0 Å². The number of aromatic nitrogens is 3. The molecule has 3 N–H and O–H groups in total. The smallest absolute Gasteiger partial charge is 0.410 e. The molecule has 0 aliphatic heterocycles. The van der Waals surface area contributed by atoms with Crippen LogP contribution in [0, 0.1) is 18.8 Å². The van der Waals surface area contributed by atoms with Crippen LogP contribution in [0.15, 0.2) is 24.5 Å². The second kappa shape index (κ2) is 14.0. The monoisotopic (exact) mass is 509 g/mol. The van der Waals surface area contributed by atoms with E-state index >= 15 is 0 Å². The summed E-state index contributed by atoms with van der Waals surface area (Å²) in [6.45, 7) is 12.2. The Morgan fingerprint density at radius 3 is 2.57 bits per heavy atom. The fourth-order valence-electron chi connectivity index (χ4n) is 2.94. The maximum absolute atomic E-state index is 12.4. The minimum absolute atomic E-state index is 0.243. The van der Waals surface area contributed by atoms with Crippen LogP contribution in [0.4, 0.5) is 22.2 Å². The maximum atomic E-state index is 12.4. The zero-order chi connectivity index (χ0) is 27.4. The lowest BCUT2D eigenvalue weighted by Crippen LogP contribution is -2.47. The van der Waals surface area contributed by atoms with Crippen LogP contribution in [0.1, 0.15) is 65.1 Å². The predicted octanol–water partition coefficient (Wildman–Crippen LogP) is 4.25. The number of ether oxygens (including phenoxy) is 1. The normalized spacial score (nSPS) is 11.5. The number of hydrogen-bond acceptors (Lipinski definition) is 8. The first kappa shape index (κ1) is 29.4. The van der Waals surface area contributed by atoms with E-state index in [9.17, 15) is 9.59 Å². The van der Waals surface area contributed by atoms with Crippen molar-refractivity contribution in [2.24, 2.45) is 0 Å². The van der Waals surface area contributed by atoms with E-state index in [1.54, 1.807) is 47.1 Å². The average Bonchev–Trinajstić information content (AvgIpc) is 2.84. The molecule has 0 spiro atoms. The number of hydrogen-bond donors (Lipinski definition) is 3. The molecule has 2 aromatic rings. The second-order valence-corrected chi connectivity index (χ2v) is 9.66. The number of rotatable bonds is 10. The van der Waals surface area contributed by atoms with Crippen LogP contribution in [-0.4, -0.2) is 63.6 Å². The highest BCUT2D eigenvalue weighted by molar-refractivity contribution is 5.85. The van der Waals surface area contributed by atoms with Gasteiger partial charge in [0.25, 0.3) is 0 Å². The number of aryl methyl sites for hydroxylation is 1. The van der Waals surface area contributed by atoms with Gasteiger partial charge in [0.05, 0.1) is 23.6 Å². The zero-order valence-electron chi connectivity index (χ0n) is 22.9. The van der Waals surface area contributed by atoms with E-state index < -0.39 is 17.7 Å². The lowest BCUT2D eigenvalue weighted by molar-refractivity contribution is -0.125. The van der Waals surface area contributed by atoms with Crippen molar-refractivity contribution in [3.05, 3.63) is 35.8 Å². The van der Waals surface area contributed by atoms with Crippen LogP contribution in [0.2, 0.25) is 0 Å². The molecule has 0 aromatic carbocycles. The van der Waals surface area contributed by atoms with Crippen molar-refractivity contribution in [2.75, 3.05) is 30.8 Å². The summed E-state index contributed by atoms with van der Waals surface area (Å²) in [6, 6.07) is 3.20. The third-order valence-corrected chi connectivity index (χ3v) is 5.14. The number of amides is 2. The molecule has 0 saturated heterocycles. The molecule has 0 fully saturated rings. The van der Waals surface area contributed by atoms with Crippen molar-refractivity contribution in [3.63, 3.8) is 0 Å². The standard InChI is InChI=1S/C27H39N7O3/c1-8-15-28-23-21(17-31-25(33-23)32-22-14-13-19(2)30-18-22)12-10-9-11-16-29-24(35)20(3)34(7)26(36)37-27(4,5)6/h13-14,17-18,20H,8-9,11,15-16H2,1-7H3,(H,29,35)(H2,28,31,32,33)/t20-/m0/s1. The third kappa shape index (κ3) is 10.3. The Morgan fingerprint density at radius 1 is 1.16 bits per heavy atom. The zero-order valence-corrected chi connectivity index (χ0v) is 22.9. The number of likely N-dealkylation sites (N-methyl/N-ethyl adjacent to an activating group) is 1. The number of nitrogens with zero attached hydrogens (tertiary/aromatic N) is 4. The number of nitrogens with one attached hydrogen (secondary N) is 3. The Morgan fingerprint density at radius 2 is 1.92 bits per heavy atom. The molecule has 37 heavy (non-hydrogen) atoms. The number of pyridine rings is 1. The molecule has 0 radical (unpaired) electrons. The summed E-state index contributed by atoms with van der Waals surface area (Å²) < 4.78 is 5.31. The van der Waals surface area contributed by atoms with Crippen molar-refractivity contribution >= 4 is 29.5 Å². The van der Waals surface area contributed by atoms with E-state index in [0.717, 1.165) is 24.3 Å². The molecule has 0 unspecified atom stereocenters. The fraction of sp³-hybridized carbons (Fsp3) is 0.519. The van der Waals surface area contributed by atoms with Gasteiger partial charge in [-0.05, 0) is 59.6 Å². The first-order chi connectivity index (χ1) is 17.5. The van der Waals surface area contributed by atoms with E-state index in [4.69, 9.17) is 4.74 Å². The Hall–Kier alpha value is -3.87. The summed E-state index contributed by atoms with van der Waals surface area (Å²) in [4.78, 5) is 39.1. The molecule has 0 aliphatic carbocycles. The molecule has 0 aliphatic rings. The minimum Gasteiger partial charge on any atom is -0.444 e. The summed E-state index contributed by atoms with van der Waals surface area (Å²) in [5, 5.41) is 9.31. The van der Waals surface area contributed by atoms with Gasteiger partial charge in [-0.3, -0.25) is 14.7 Å². The van der Waals surface area contributed by atoms with Gasteiger partial charge in [-0.2, -0.15) is 4.98 Å².